The number of aliphatic hydroxyl groups excluding tert-OH is 1. The lowest BCUT2D eigenvalue weighted by Crippen LogP contribution is -2.37. The number of ketones is 1. The maximum absolute atomic E-state index is 13.8. The number of ether oxygens (including phenoxy) is 1. The molecule has 2 aliphatic rings. The Morgan fingerprint density at radius 2 is 1.94 bits per heavy atom. The number of aromatic nitrogens is 1. The number of thiazole rings is 1. The number of nitrogens with zero attached hydrogens (tertiary/aromatic N) is 2. The molecule has 2 aliphatic heterocycles. The van der Waals surface area contributed by atoms with Crippen molar-refractivity contribution in [3.05, 3.63) is 87.1 Å². The number of benzene rings is 2. The number of hydrogen-bond acceptors (Lipinski definition) is 6. The van der Waals surface area contributed by atoms with E-state index in [1.165, 1.54) is 16.2 Å². The van der Waals surface area contributed by atoms with Crippen LogP contribution < -0.4 is 0 Å². The zero-order valence-corrected chi connectivity index (χ0v) is 20.1. The van der Waals surface area contributed by atoms with Crippen molar-refractivity contribution < 1.29 is 19.4 Å². The van der Waals surface area contributed by atoms with Crippen molar-refractivity contribution in [1.29, 1.82) is 0 Å². The molecule has 2 unspecified atom stereocenters. The molecule has 8 heteroatoms. The van der Waals surface area contributed by atoms with E-state index in [-0.39, 0.29) is 11.7 Å². The fourth-order valence-electron chi connectivity index (χ4n) is 4.51. The summed E-state index contributed by atoms with van der Waals surface area (Å²) in [5.74, 6) is -1.47. The first-order valence-corrected chi connectivity index (χ1v) is 12.3. The minimum atomic E-state index is -0.733. The van der Waals surface area contributed by atoms with Gasteiger partial charge < -0.3 is 14.7 Å². The number of aliphatic hydroxyl groups is 1. The fourth-order valence-corrected chi connectivity index (χ4v) is 5.66. The number of carbonyl (C=O) groups is 2. The maximum Gasteiger partial charge on any atom is 0.290 e. The molecule has 3 heterocycles. The topological polar surface area (TPSA) is 79.7 Å². The van der Waals surface area contributed by atoms with E-state index in [0.29, 0.717) is 39.3 Å². The average molecular weight is 495 g/mol. The van der Waals surface area contributed by atoms with E-state index in [0.717, 1.165) is 18.4 Å². The summed E-state index contributed by atoms with van der Waals surface area (Å²) in [6.45, 7) is 2.71. The number of hydrogen-bond donors (Lipinski definition) is 1. The first kappa shape index (κ1) is 22.8. The van der Waals surface area contributed by atoms with Crippen LogP contribution in [0.3, 0.4) is 0 Å². The van der Waals surface area contributed by atoms with Crippen molar-refractivity contribution in [2.75, 3.05) is 13.2 Å². The fraction of sp³-hybridized carbons (Fsp3) is 0.269. The van der Waals surface area contributed by atoms with E-state index >= 15 is 0 Å². The molecule has 1 saturated heterocycles. The van der Waals surface area contributed by atoms with Gasteiger partial charge in [-0.1, -0.05) is 54.1 Å². The minimum absolute atomic E-state index is 0.0664. The number of halogens is 1. The van der Waals surface area contributed by atoms with Gasteiger partial charge in [-0.2, -0.15) is 0 Å². The van der Waals surface area contributed by atoms with Gasteiger partial charge in [-0.05, 0) is 37.5 Å². The molecule has 0 spiro atoms. The van der Waals surface area contributed by atoms with Crippen LogP contribution >= 0.6 is 22.9 Å². The van der Waals surface area contributed by atoms with Crippen molar-refractivity contribution in [2.24, 2.45) is 0 Å². The highest BCUT2D eigenvalue weighted by atomic mass is 35.5. The Balaban J connectivity index is 1.55. The zero-order valence-electron chi connectivity index (χ0n) is 18.5. The monoisotopic (exact) mass is 494 g/mol. The molecule has 1 aromatic heterocycles. The van der Waals surface area contributed by atoms with Crippen LogP contribution in [-0.4, -0.2) is 45.9 Å². The van der Waals surface area contributed by atoms with Gasteiger partial charge in [0.05, 0.1) is 28.3 Å². The summed E-state index contributed by atoms with van der Waals surface area (Å²) in [5.41, 5.74) is 2.24. The molecule has 1 N–H and O–H groups in total. The normalized spacial score (nSPS) is 20.4. The van der Waals surface area contributed by atoms with E-state index in [4.69, 9.17) is 16.3 Å². The van der Waals surface area contributed by atoms with Crippen molar-refractivity contribution in [3.8, 4) is 10.6 Å². The lowest BCUT2D eigenvalue weighted by atomic mass is 9.95. The van der Waals surface area contributed by atoms with E-state index in [2.05, 4.69) is 4.98 Å². The second kappa shape index (κ2) is 9.33. The zero-order chi connectivity index (χ0) is 23.8. The first-order chi connectivity index (χ1) is 16.4. The standard InChI is InChI=1S/C26H23ClN2O4S/c1-15-24(34-25(28-15)17-6-3-2-4-7-17)22(30)20-21(16-9-11-18(27)12-10-16)29(26(32)23(20)31)14-19-8-5-13-33-19/h2-4,6-7,9-12,19,21,31H,5,8,13-14H2,1H3. The molecule has 5 rings (SSSR count). The SMILES string of the molecule is Cc1nc(-c2ccccc2)sc1C(=O)C1=C(O)C(=O)N(CC2CCCO2)C1c1ccc(Cl)cc1. The van der Waals surface area contributed by atoms with Crippen LogP contribution in [0.4, 0.5) is 0 Å². The Bertz CT molecular complexity index is 1260. The van der Waals surface area contributed by atoms with Crippen LogP contribution in [0.1, 0.15) is 39.8 Å². The molecule has 174 valence electrons. The molecule has 0 saturated carbocycles. The molecular weight excluding hydrogens is 472 g/mol. The second-order valence-electron chi connectivity index (χ2n) is 8.44. The van der Waals surface area contributed by atoms with Crippen LogP contribution in [-0.2, 0) is 9.53 Å². The number of carbonyl (C=O) groups excluding carboxylic acids is 2. The van der Waals surface area contributed by atoms with Gasteiger partial charge >= 0.3 is 0 Å². The Kier molecular flexibility index (Phi) is 6.25. The van der Waals surface area contributed by atoms with Crippen molar-refractivity contribution in [2.45, 2.75) is 31.9 Å². The molecule has 1 fully saturated rings. The van der Waals surface area contributed by atoms with Gasteiger partial charge in [0, 0.05) is 23.7 Å². The van der Waals surface area contributed by atoms with E-state index in [9.17, 15) is 14.7 Å². The van der Waals surface area contributed by atoms with Gasteiger partial charge in [0.2, 0.25) is 5.78 Å². The van der Waals surface area contributed by atoms with Crippen molar-refractivity contribution in [3.63, 3.8) is 0 Å². The van der Waals surface area contributed by atoms with Crippen LogP contribution in [0.5, 0.6) is 0 Å². The molecule has 34 heavy (non-hydrogen) atoms. The Morgan fingerprint density at radius 3 is 2.62 bits per heavy atom. The molecule has 6 nitrogen and oxygen atoms in total. The van der Waals surface area contributed by atoms with Crippen LogP contribution in [0, 0.1) is 6.92 Å². The second-order valence-corrected chi connectivity index (χ2v) is 9.87. The largest absolute Gasteiger partial charge is 0.503 e. The molecule has 0 bridgehead atoms. The summed E-state index contributed by atoms with van der Waals surface area (Å²) in [4.78, 5) is 33.5. The summed E-state index contributed by atoms with van der Waals surface area (Å²) in [6.07, 6.45) is 1.62. The third-order valence-corrected chi connectivity index (χ3v) is 7.64. The van der Waals surface area contributed by atoms with Gasteiger partial charge in [0.1, 0.15) is 5.01 Å². The number of Topliss-reactive ketones (excluding diaryl/α,β-unsaturated/α-hetero) is 1. The average Bonchev–Trinajstić information content (AvgIpc) is 3.56. The van der Waals surface area contributed by atoms with Crippen molar-refractivity contribution in [1.82, 2.24) is 9.88 Å². The van der Waals surface area contributed by atoms with E-state index in [1.807, 2.05) is 30.3 Å². The molecule has 1 amide bonds. The van der Waals surface area contributed by atoms with Crippen LogP contribution in [0.15, 0.2) is 65.9 Å². The minimum Gasteiger partial charge on any atom is -0.503 e. The van der Waals surface area contributed by atoms with Crippen molar-refractivity contribution >= 4 is 34.6 Å². The predicted molar refractivity (Wildman–Crippen MR) is 131 cm³/mol. The molecule has 3 aromatic rings. The van der Waals surface area contributed by atoms with Gasteiger partial charge in [0.15, 0.2) is 5.76 Å². The van der Waals surface area contributed by atoms with Gasteiger partial charge in [-0.25, -0.2) is 4.98 Å². The Labute approximate surface area is 206 Å². The summed E-state index contributed by atoms with van der Waals surface area (Å²) >= 11 is 7.35. The third kappa shape index (κ3) is 4.15. The summed E-state index contributed by atoms with van der Waals surface area (Å²) in [6, 6.07) is 15.9. The smallest absolute Gasteiger partial charge is 0.290 e. The summed E-state index contributed by atoms with van der Waals surface area (Å²) in [7, 11) is 0. The van der Waals surface area contributed by atoms with Gasteiger partial charge in [-0.15, -0.1) is 11.3 Å². The summed E-state index contributed by atoms with van der Waals surface area (Å²) in [5, 5.41) is 12.2. The maximum atomic E-state index is 13.8. The van der Waals surface area contributed by atoms with E-state index < -0.39 is 23.5 Å². The molecule has 2 aromatic carbocycles. The number of aryl methyl sites for hydroxylation is 1. The first-order valence-electron chi connectivity index (χ1n) is 11.1. The highest BCUT2D eigenvalue weighted by Crippen LogP contribution is 2.41. The Morgan fingerprint density at radius 1 is 1.21 bits per heavy atom. The third-order valence-electron chi connectivity index (χ3n) is 6.18. The number of rotatable bonds is 6. The van der Waals surface area contributed by atoms with E-state index in [1.54, 1.807) is 31.2 Å². The highest BCUT2D eigenvalue weighted by Gasteiger charge is 2.45. The Hall–Kier alpha value is -3.00. The lowest BCUT2D eigenvalue weighted by molar-refractivity contribution is -0.131. The lowest BCUT2D eigenvalue weighted by Gasteiger charge is -2.28. The molecule has 2 atom stereocenters. The highest BCUT2D eigenvalue weighted by molar-refractivity contribution is 7.17. The summed E-state index contributed by atoms with van der Waals surface area (Å²) < 4.78 is 5.75. The van der Waals surface area contributed by atoms with Crippen LogP contribution in [0.25, 0.3) is 10.6 Å². The quantitative estimate of drug-likeness (QED) is 0.456. The van der Waals surface area contributed by atoms with Gasteiger partial charge in [0.25, 0.3) is 5.91 Å². The molecular formula is C26H23ClN2O4S. The van der Waals surface area contributed by atoms with Gasteiger partial charge in [-0.3, -0.25) is 9.59 Å². The number of amides is 1. The molecule has 0 aliphatic carbocycles. The van der Waals surface area contributed by atoms with Crippen LogP contribution in [0.2, 0.25) is 5.02 Å². The molecule has 0 radical (unpaired) electrons. The predicted octanol–water partition coefficient (Wildman–Crippen LogP) is 5.53.